The zero-order chi connectivity index (χ0) is 9.52. The molecule has 70 valence electrons. The Labute approximate surface area is 77.3 Å². The summed E-state index contributed by atoms with van der Waals surface area (Å²) in [5, 5.41) is 0. The quantitative estimate of drug-likeness (QED) is 0.509. The second-order valence-electron chi connectivity index (χ2n) is 2.63. The Morgan fingerprint density at radius 1 is 1.23 bits per heavy atom. The predicted octanol–water partition coefficient (Wildman–Crippen LogP) is 1.55. The van der Waals surface area contributed by atoms with Crippen molar-refractivity contribution in [2.45, 2.75) is 6.92 Å². The maximum absolute atomic E-state index is 9.78. The van der Waals surface area contributed by atoms with Gasteiger partial charge in [0.1, 0.15) is 19.0 Å². The first-order chi connectivity index (χ1) is 6.33. The first-order valence-electron chi connectivity index (χ1n) is 4.07. The normalized spacial score (nSPS) is 9.31. The van der Waals surface area contributed by atoms with Crippen LogP contribution < -0.4 is 4.74 Å². The summed E-state index contributed by atoms with van der Waals surface area (Å²) in [5.41, 5.74) is 1.19. The van der Waals surface area contributed by atoms with Crippen LogP contribution in [0.5, 0.6) is 5.75 Å². The van der Waals surface area contributed by atoms with Crippen LogP contribution >= 0.6 is 0 Å². The van der Waals surface area contributed by atoms with Gasteiger partial charge in [0.2, 0.25) is 0 Å². The van der Waals surface area contributed by atoms with Crippen molar-refractivity contribution in [3.05, 3.63) is 29.8 Å². The molecule has 0 spiro atoms. The molecule has 0 atom stereocenters. The molecule has 0 N–H and O–H groups in total. The largest absolute Gasteiger partial charge is 0.490 e. The highest BCUT2D eigenvalue weighted by Crippen LogP contribution is 2.10. The van der Waals surface area contributed by atoms with Crippen molar-refractivity contribution in [3.8, 4) is 5.75 Å². The van der Waals surface area contributed by atoms with Crippen molar-refractivity contribution in [2.24, 2.45) is 0 Å². The van der Waals surface area contributed by atoms with Crippen molar-refractivity contribution in [3.63, 3.8) is 0 Å². The lowest BCUT2D eigenvalue weighted by Gasteiger charge is -2.04. The van der Waals surface area contributed by atoms with Crippen molar-refractivity contribution in [1.82, 2.24) is 0 Å². The van der Waals surface area contributed by atoms with Crippen molar-refractivity contribution >= 4 is 6.47 Å². The Balaban J connectivity index is 2.28. The van der Waals surface area contributed by atoms with Gasteiger partial charge in [-0.1, -0.05) is 17.7 Å². The third-order valence-corrected chi connectivity index (χ3v) is 1.56. The monoisotopic (exact) mass is 180 g/mol. The molecule has 0 aliphatic carbocycles. The molecule has 0 bridgehead atoms. The van der Waals surface area contributed by atoms with E-state index in [1.165, 1.54) is 5.56 Å². The highest BCUT2D eigenvalue weighted by atomic mass is 16.5. The topological polar surface area (TPSA) is 35.5 Å². The predicted molar refractivity (Wildman–Crippen MR) is 48.7 cm³/mol. The summed E-state index contributed by atoms with van der Waals surface area (Å²) in [6, 6.07) is 7.71. The lowest BCUT2D eigenvalue weighted by atomic mass is 10.2. The second-order valence-corrected chi connectivity index (χ2v) is 2.63. The minimum Gasteiger partial charge on any atom is -0.490 e. The van der Waals surface area contributed by atoms with Crippen LogP contribution in [0.1, 0.15) is 5.56 Å². The summed E-state index contributed by atoms with van der Waals surface area (Å²) < 4.78 is 9.75. The second kappa shape index (κ2) is 5.19. The van der Waals surface area contributed by atoms with E-state index in [9.17, 15) is 4.79 Å². The molecule has 0 radical (unpaired) electrons. The molecule has 3 heteroatoms. The van der Waals surface area contributed by atoms with E-state index in [2.05, 4.69) is 4.74 Å². The maximum atomic E-state index is 9.78. The van der Waals surface area contributed by atoms with E-state index in [-0.39, 0.29) is 6.61 Å². The molecule has 1 rings (SSSR count). The van der Waals surface area contributed by atoms with E-state index >= 15 is 0 Å². The fourth-order valence-corrected chi connectivity index (χ4v) is 0.890. The molecule has 0 unspecified atom stereocenters. The Kier molecular flexibility index (Phi) is 3.82. The zero-order valence-corrected chi connectivity index (χ0v) is 7.53. The minimum atomic E-state index is 0.289. The molecule has 0 saturated carbocycles. The van der Waals surface area contributed by atoms with E-state index in [1.807, 2.05) is 31.2 Å². The van der Waals surface area contributed by atoms with Crippen LogP contribution in [-0.2, 0) is 9.53 Å². The summed E-state index contributed by atoms with van der Waals surface area (Å²) in [6.45, 7) is 3.11. The lowest BCUT2D eigenvalue weighted by Crippen LogP contribution is -2.05. The lowest BCUT2D eigenvalue weighted by molar-refractivity contribution is -0.129. The van der Waals surface area contributed by atoms with E-state index in [4.69, 9.17) is 4.74 Å². The van der Waals surface area contributed by atoms with Crippen LogP contribution in [0, 0.1) is 6.92 Å². The molecule has 0 amide bonds. The number of rotatable bonds is 5. The number of hydrogen-bond acceptors (Lipinski definition) is 3. The van der Waals surface area contributed by atoms with Crippen LogP contribution in [-0.4, -0.2) is 19.7 Å². The van der Waals surface area contributed by atoms with Gasteiger partial charge in [-0.05, 0) is 19.1 Å². The van der Waals surface area contributed by atoms with E-state index in [0.29, 0.717) is 13.1 Å². The summed E-state index contributed by atoms with van der Waals surface area (Å²) in [4.78, 5) is 9.78. The molecular formula is C10H12O3. The summed E-state index contributed by atoms with van der Waals surface area (Å²) in [7, 11) is 0. The number of hydrogen-bond donors (Lipinski definition) is 0. The van der Waals surface area contributed by atoms with Gasteiger partial charge in [0.15, 0.2) is 0 Å². The molecule has 1 aromatic carbocycles. The van der Waals surface area contributed by atoms with Gasteiger partial charge in [-0.2, -0.15) is 0 Å². The zero-order valence-electron chi connectivity index (χ0n) is 7.53. The molecule has 0 saturated heterocycles. The summed E-state index contributed by atoms with van der Waals surface area (Å²) in [5.74, 6) is 0.792. The summed E-state index contributed by atoms with van der Waals surface area (Å²) in [6.07, 6.45) is 0. The molecule has 13 heavy (non-hydrogen) atoms. The highest BCUT2D eigenvalue weighted by molar-refractivity contribution is 5.36. The van der Waals surface area contributed by atoms with Gasteiger partial charge in [0.05, 0.1) is 0 Å². The Hall–Kier alpha value is -1.51. The average Bonchev–Trinajstić information content (AvgIpc) is 2.15. The number of aryl methyl sites for hydroxylation is 1. The fourth-order valence-electron chi connectivity index (χ4n) is 0.890. The van der Waals surface area contributed by atoms with Gasteiger partial charge in [-0.3, -0.25) is 4.79 Å². The molecule has 1 aromatic rings. The molecule has 3 nitrogen and oxygen atoms in total. The first kappa shape index (κ1) is 9.58. The molecular weight excluding hydrogens is 168 g/mol. The number of benzene rings is 1. The molecule has 0 aliphatic rings. The Bertz CT molecular complexity index is 253. The number of carbonyl (C=O) groups is 1. The fraction of sp³-hybridized carbons (Fsp3) is 0.300. The average molecular weight is 180 g/mol. The third kappa shape index (κ3) is 3.60. The van der Waals surface area contributed by atoms with Crippen molar-refractivity contribution in [2.75, 3.05) is 13.2 Å². The third-order valence-electron chi connectivity index (χ3n) is 1.56. The van der Waals surface area contributed by atoms with Gasteiger partial charge >= 0.3 is 0 Å². The summed E-state index contributed by atoms with van der Waals surface area (Å²) >= 11 is 0. The van der Waals surface area contributed by atoms with Crippen LogP contribution in [0.3, 0.4) is 0 Å². The van der Waals surface area contributed by atoms with Crippen molar-refractivity contribution < 1.29 is 14.3 Å². The van der Waals surface area contributed by atoms with Crippen LogP contribution in [0.25, 0.3) is 0 Å². The van der Waals surface area contributed by atoms with Crippen molar-refractivity contribution in [1.29, 1.82) is 0 Å². The van der Waals surface area contributed by atoms with E-state index < -0.39 is 0 Å². The standard InChI is InChI=1S/C10H12O3/c1-9-2-4-10(5-3-9)13-7-6-12-8-11/h2-5,8H,6-7H2,1H3. The van der Waals surface area contributed by atoms with Crippen LogP contribution in [0.4, 0.5) is 0 Å². The Morgan fingerprint density at radius 2 is 1.92 bits per heavy atom. The van der Waals surface area contributed by atoms with E-state index in [1.54, 1.807) is 0 Å². The number of carbonyl (C=O) groups excluding carboxylic acids is 1. The maximum Gasteiger partial charge on any atom is 0.293 e. The van der Waals surface area contributed by atoms with E-state index in [0.717, 1.165) is 5.75 Å². The van der Waals surface area contributed by atoms with Crippen LogP contribution in [0.15, 0.2) is 24.3 Å². The van der Waals surface area contributed by atoms with Gasteiger partial charge in [0.25, 0.3) is 6.47 Å². The van der Waals surface area contributed by atoms with Gasteiger partial charge < -0.3 is 9.47 Å². The molecule has 0 fully saturated rings. The smallest absolute Gasteiger partial charge is 0.293 e. The van der Waals surface area contributed by atoms with Gasteiger partial charge in [0, 0.05) is 0 Å². The van der Waals surface area contributed by atoms with Gasteiger partial charge in [-0.15, -0.1) is 0 Å². The molecule has 0 aliphatic heterocycles. The first-order valence-corrected chi connectivity index (χ1v) is 4.07. The highest BCUT2D eigenvalue weighted by Gasteiger charge is 1.92. The molecule has 0 aromatic heterocycles. The Morgan fingerprint density at radius 3 is 2.54 bits per heavy atom. The number of ether oxygens (including phenoxy) is 2. The molecule has 0 heterocycles. The minimum absolute atomic E-state index is 0.289. The van der Waals surface area contributed by atoms with Crippen LogP contribution in [0.2, 0.25) is 0 Å². The SMILES string of the molecule is Cc1ccc(OCCOC=O)cc1. The van der Waals surface area contributed by atoms with Gasteiger partial charge in [-0.25, -0.2) is 0 Å².